The first kappa shape index (κ1) is 14.7. The Morgan fingerprint density at radius 1 is 1.10 bits per heavy atom. The molecule has 20 heavy (non-hydrogen) atoms. The monoisotopic (exact) mass is 286 g/mol. The fourth-order valence-corrected chi connectivity index (χ4v) is 2.81. The largest absolute Gasteiger partial charge is 0.294 e. The van der Waals surface area contributed by atoms with Gasteiger partial charge in [-0.1, -0.05) is 42.1 Å². The number of carbonyl (C=O) groups is 1. The molecule has 0 saturated heterocycles. The van der Waals surface area contributed by atoms with Crippen molar-refractivity contribution in [1.82, 2.24) is 9.97 Å². The van der Waals surface area contributed by atoms with Crippen LogP contribution in [0.2, 0.25) is 0 Å². The molecule has 2 rings (SSSR count). The first-order valence-electron chi connectivity index (χ1n) is 6.68. The van der Waals surface area contributed by atoms with E-state index in [9.17, 15) is 4.79 Å². The molecule has 1 aromatic carbocycles. The third-order valence-electron chi connectivity index (χ3n) is 2.84. The second-order valence-electron chi connectivity index (χ2n) is 4.67. The van der Waals surface area contributed by atoms with Crippen LogP contribution in [0.15, 0.2) is 41.6 Å². The molecule has 0 aliphatic heterocycles. The van der Waals surface area contributed by atoms with Crippen molar-refractivity contribution in [3.05, 3.63) is 53.3 Å². The van der Waals surface area contributed by atoms with Crippen molar-refractivity contribution < 1.29 is 4.79 Å². The van der Waals surface area contributed by atoms with E-state index in [0.717, 1.165) is 34.3 Å². The smallest absolute Gasteiger partial charge is 0.187 e. The molecule has 1 aromatic heterocycles. The second kappa shape index (κ2) is 7.20. The Bertz CT molecular complexity index is 564. The van der Waals surface area contributed by atoms with Gasteiger partial charge < -0.3 is 0 Å². The van der Waals surface area contributed by atoms with Crippen LogP contribution in [-0.4, -0.2) is 21.5 Å². The van der Waals surface area contributed by atoms with E-state index < -0.39 is 0 Å². The Hall–Kier alpha value is -1.68. The number of aryl methyl sites for hydroxylation is 2. The van der Waals surface area contributed by atoms with Gasteiger partial charge in [0.2, 0.25) is 0 Å². The molecule has 3 nitrogen and oxygen atoms in total. The van der Waals surface area contributed by atoms with Gasteiger partial charge in [0.15, 0.2) is 10.9 Å². The van der Waals surface area contributed by atoms with Crippen molar-refractivity contribution in [2.45, 2.75) is 31.8 Å². The number of rotatable bonds is 6. The van der Waals surface area contributed by atoms with Gasteiger partial charge in [-0.25, -0.2) is 9.97 Å². The highest BCUT2D eigenvalue weighted by molar-refractivity contribution is 7.99. The van der Waals surface area contributed by atoms with Crippen molar-refractivity contribution in [3.8, 4) is 0 Å². The zero-order valence-electron chi connectivity index (χ0n) is 11.8. The third kappa shape index (κ3) is 4.46. The predicted molar refractivity (Wildman–Crippen MR) is 82.2 cm³/mol. The lowest BCUT2D eigenvalue weighted by Crippen LogP contribution is -1.99. The standard InChI is InChI=1S/C16H18N2OS/c1-12-11-13(2)18-16(17-12)20-10-6-9-15(19)14-7-4-3-5-8-14/h3-5,7-8,11H,6,9-10H2,1-2H3. The van der Waals surface area contributed by atoms with E-state index in [1.54, 1.807) is 11.8 Å². The molecule has 0 aliphatic carbocycles. The molecule has 0 saturated carbocycles. The number of ketones is 1. The van der Waals surface area contributed by atoms with Gasteiger partial charge in [0.1, 0.15) is 0 Å². The highest BCUT2D eigenvalue weighted by Gasteiger charge is 2.05. The third-order valence-corrected chi connectivity index (χ3v) is 3.77. The summed E-state index contributed by atoms with van der Waals surface area (Å²) in [6.45, 7) is 3.94. The molecule has 0 bridgehead atoms. The van der Waals surface area contributed by atoms with E-state index in [-0.39, 0.29) is 5.78 Å². The molecule has 2 aromatic rings. The van der Waals surface area contributed by atoms with Gasteiger partial charge in [-0.15, -0.1) is 0 Å². The average Bonchev–Trinajstić information content (AvgIpc) is 2.43. The average molecular weight is 286 g/mol. The minimum absolute atomic E-state index is 0.201. The molecule has 0 aliphatic rings. The van der Waals surface area contributed by atoms with Gasteiger partial charge in [0.25, 0.3) is 0 Å². The Kier molecular flexibility index (Phi) is 5.30. The van der Waals surface area contributed by atoms with E-state index in [2.05, 4.69) is 9.97 Å². The van der Waals surface area contributed by atoms with Crippen LogP contribution < -0.4 is 0 Å². The molecule has 0 spiro atoms. The minimum Gasteiger partial charge on any atom is -0.294 e. The molecule has 0 N–H and O–H groups in total. The summed E-state index contributed by atoms with van der Waals surface area (Å²) in [7, 11) is 0. The van der Waals surface area contributed by atoms with Crippen LogP contribution in [0.5, 0.6) is 0 Å². The normalized spacial score (nSPS) is 10.5. The maximum absolute atomic E-state index is 11.9. The second-order valence-corrected chi connectivity index (χ2v) is 5.74. The number of benzene rings is 1. The van der Waals surface area contributed by atoms with Crippen molar-refractivity contribution in [2.24, 2.45) is 0 Å². The quantitative estimate of drug-likeness (QED) is 0.350. The Labute approximate surface area is 123 Å². The molecule has 4 heteroatoms. The number of nitrogens with zero attached hydrogens (tertiary/aromatic N) is 2. The number of aromatic nitrogens is 2. The van der Waals surface area contributed by atoms with Crippen molar-refractivity contribution in [3.63, 3.8) is 0 Å². The topological polar surface area (TPSA) is 42.9 Å². The lowest BCUT2D eigenvalue weighted by atomic mass is 10.1. The van der Waals surface area contributed by atoms with E-state index in [4.69, 9.17) is 0 Å². The minimum atomic E-state index is 0.201. The van der Waals surface area contributed by atoms with Gasteiger partial charge in [0, 0.05) is 29.1 Å². The number of carbonyl (C=O) groups excluding carboxylic acids is 1. The first-order valence-corrected chi connectivity index (χ1v) is 7.67. The number of thioether (sulfide) groups is 1. The molecule has 0 amide bonds. The van der Waals surface area contributed by atoms with E-state index in [1.165, 1.54) is 0 Å². The number of Topliss-reactive ketones (excluding diaryl/α,β-unsaturated/α-hetero) is 1. The molecule has 1 heterocycles. The molecule has 0 radical (unpaired) electrons. The van der Waals surface area contributed by atoms with Gasteiger partial charge >= 0.3 is 0 Å². The summed E-state index contributed by atoms with van der Waals surface area (Å²) < 4.78 is 0. The zero-order chi connectivity index (χ0) is 14.4. The van der Waals surface area contributed by atoms with Crippen molar-refractivity contribution in [2.75, 3.05) is 5.75 Å². The zero-order valence-corrected chi connectivity index (χ0v) is 12.6. The maximum atomic E-state index is 11.9. The number of hydrogen-bond donors (Lipinski definition) is 0. The molecular weight excluding hydrogens is 268 g/mol. The fourth-order valence-electron chi connectivity index (χ4n) is 1.92. The predicted octanol–water partition coefficient (Wildman–Crippen LogP) is 3.85. The summed E-state index contributed by atoms with van der Waals surface area (Å²) >= 11 is 1.61. The molecular formula is C16H18N2OS. The molecule has 104 valence electrons. The van der Waals surface area contributed by atoms with Crippen molar-refractivity contribution >= 4 is 17.5 Å². The highest BCUT2D eigenvalue weighted by atomic mass is 32.2. The van der Waals surface area contributed by atoms with Gasteiger partial charge in [-0.2, -0.15) is 0 Å². The summed E-state index contributed by atoms with van der Waals surface area (Å²) in [5, 5.41) is 0.801. The number of hydrogen-bond acceptors (Lipinski definition) is 4. The van der Waals surface area contributed by atoms with Crippen LogP contribution in [-0.2, 0) is 0 Å². The molecule has 0 unspecified atom stereocenters. The van der Waals surface area contributed by atoms with E-state index >= 15 is 0 Å². The fraction of sp³-hybridized carbons (Fsp3) is 0.312. The van der Waals surface area contributed by atoms with Gasteiger partial charge in [-0.3, -0.25) is 4.79 Å². The van der Waals surface area contributed by atoms with Crippen LogP contribution in [0, 0.1) is 13.8 Å². The van der Waals surface area contributed by atoms with Crippen LogP contribution in [0.3, 0.4) is 0 Å². The van der Waals surface area contributed by atoms with Gasteiger partial charge in [0.05, 0.1) is 0 Å². The van der Waals surface area contributed by atoms with E-state index in [1.807, 2.05) is 50.2 Å². The Morgan fingerprint density at radius 3 is 2.40 bits per heavy atom. The van der Waals surface area contributed by atoms with Crippen LogP contribution >= 0.6 is 11.8 Å². The summed E-state index contributed by atoms with van der Waals surface area (Å²) in [4.78, 5) is 20.7. The highest BCUT2D eigenvalue weighted by Crippen LogP contribution is 2.16. The first-order chi connectivity index (χ1) is 9.65. The van der Waals surface area contributed by atoms with Crippen LogP contribution in [0.4, 0.5) is 0 Å². The Balaban J connectivity index is 1.78. The lowest BCUT2D eigenvalue weighted by molar-refractivity contribution is 0.0982. The van der Waals surface area contributed by atoms with Crippen LogP contribution in [0.1, 0.15) is 34.6 Å². The van der Waals surface area contributed by atoms with Crippen molar-refractivity contribution in [1.29, 1.82) is 0 Å². The summed E-state index contributed by atoms with van der Waals surface area (Å²) in [6, 6.07) is 11.4. The maximum Gasteiger partial charge on any atom is 0.187 e. The lowest BCUT2D eigenvalue weighted by Gasteiger charge is -2.03. The Morgan fingerprint density at radius 2 is 1.75 bits per heavy atom. The summed E-state index contributed by atoms with van der Waals surface area (Å²) in [5.41, 5.74) is 2.76. The van der Waals surface area contributed by atoms with Crippen LogP contribution in [0.25, 0.3) is 0 Å². The molecule has 0 atom stereocenters. The SMILES string of the molecule is Cc1cc(C)nc(SCCCC(=O)c2ccccc2)n1. The molecule has 0 fully saturated rings. The summed E-state index contributed by atoms with van der Waals surface area (Å²) in [5.74, 6) is 1.06. The summed E-state index contributed by atoms with van der Waals surface area (Å²) in [6.07, 6.45) is 1.41. The van der Waals surface area contributed by atoms with Gasteiger partial charge in [-0.05, 0) is 26.3 Å². The van der Waals surface area contributed by atoms with E-state index in [0.29, 0.717) is 6.42 Å².